The molecule has 0 saturated heterocycles. The lowest BCUT2D eigenvalue weighted by Crippen LogP contribution is -2.43. The highest BCUT2D eigenvalue weighted by Gasteiger charge is 2.48. The highest BCUT2D eigenvalue weighted by atomic mass is 16.6. The van der Waals surface area contributed by atoms with E-state index in [0.29, 0.717) is 171 Å². The summed E-state index contributed by atoms with van der Waals surface area (Å²) < 4.78 is 88.2. The second-order valence-corrected chi connectivity index (χ2v) is 18.6. The average molecular weight is 1090 g/mol. The van der Waals surface area contributed by atoms with Gasteiger partial charge in [0.1, 0.15) is 13.2 Å². The van der Waals surface area contributed by atoms with E-state index in [0.717, 1.165) is 51.4 Å². The lowest BCUT2D eigenvalue weighted by Gasteiger charge is -2.30. The van der Waals surface area contributed by atoms with Gasteiger partial charge < -0.3 is 75.8 Å². The molecule has 0 bridgehead atoms. The lowest BCUT2D eigenvalue weighted by molar-refractivity contribution is -0.176. The summed E-state index contributed by atoms with van der Waals surface area (Å²) in [6.07, 6.45) is 23.9. The molecule has 0 spiro atoms. The van der Waals surface area contributed by atoms with E-state index < -0.39 is 17.4 Å². The fraction of sp³-hybridized carbons (Fsp3) is 0.965. The minimum absolute atomic E-state index is 0.0324. The van der Waals surface area contributed by atoms with Gasteiger partial charge in [0.15, 0.2) is 5.41 Å². The Hall–Kier alpha value is -1.62. The van der Waals surface area contributed by atoms with Crippen molar-refractivity contribution < 1.29 is 85.4 Å². The van der Waals surface area contributed by atoms with E-state index in [1.807, 2.05) is 0 Å². The SMILES string of the molecule is CCCCCCCCCCCCC(CCCCCCCCCCCC)(C(=O)OCCOCCOCCOCCOCCOCCOCCOC)C(=O)OCCOCCOCCOCCOCCOCCOCCOC. The van der Waals surface area contributed by atoms with Crippen molar-refractivity contribution in [3.05, 3.63) is 0 Å². The molecule has 0 aromatic heterocycles. The van der Waals surface area contributed by atoms with Gasteiger partial charge in [-0.05, 0) is 12.8 Å². The molecule has 0 aliphatic heterocycles. The second kappa shape index (κ2) is 63.2. The number of ether oxygens (including phenoxy) is 16. The molecule has 0 radical (unpaired) electrons. The smallest absolute Gasteiger partial charge is 0.323 e. The Balaban J connectivity index is 4.89. The molecular formula is C57H112O18. The molecule has 18 nitrogen and oxygen atoms in total. The number of hydrogen-bond acceptors (Lipinski definition) is 18. The molecule has 0 saturated carbocycles. The standard InChI is InChI=1S/C57H112O18/c1-5-7-9-11-13-15-17-19-21-23-25-57(26-24-22-20-18-16-14-12-10-8-6-2,55(58)74-53-51-72-49-47-70-45-43-68-41-39-66-37-35-64-33-31-62-29-27-60-3)56(59)75-54-52-73-50-48-71-46-44-69-42-40-67-38-36-65-34-32-63-30-28-61-4/h5-54H2,1-4H3. The number of carbonyl (C=O) groups is 2. The van der Waals surface area contributed by atoms with Crippen LogP contribution >= 0.6 is 0 Å². The van der Waals surface area contributed by atoms with E-state index in [2.05, 4.69) is 13.8 Å². The molecule has 75 heavy (non-hydrogen) atoms. The minimum atomic E-state index is -1.39. The van der Waals surface area contributed by atoms with Crippen LogP contribution in [0.5, 0.6) is 0 Å². The molecule has 0 aromatic carbocycles. The van der Waals surface area contributed by atoms with Crippen molar-refractivity contribution in [3.8, 4) is 0 Å². The Labute approximate surface area is 455 Å². The van der Waals surface area contributed by atoms with Crippen LogP contribution in [-0.4, -0.2) is 211 Å². The first-order valence-electron chi connectivity index (χ1n) is 29.3. The minimum Gasteiger partial charge on any atom is -0.462 e. The first kappa shape index (κ1) is 73.4. The van der Waals surface area contributed by atoms with Gasteiger partial charge in [0.2, 0.25) is 0 Å². The number of esters is 2. The van der Waals surface area contributed by atoms with Crippen molar-refractivity contribution in [2.45, 2.75) is 155 Å². The van der Waals surface area contributed by atoms with Crippen molar-refractivity contribution in [2.75, 3.05) is 199 Å². The highest BCUT2D eigenvalue weighted by Crippen LogP contribution is 2.36. The molecule has 0 aliphatic rings. The summed E-state index contributed by atoms with van der Waals surface area (Å²) in [5, 5.41) is 0. The van der Waals surface area contributed by atoms with Crippen molar-refractivity contribution in [1.82, 2.24) is 0 Å². The van der Waals surface area contributed by atoms with Crippen molar-refractivity contribution in [1.29, 1.82) is 0 Å². The predicted octanol–water partition coefficient (Wildman–Crippen LogP) is 9.17. The van der Waals surface area contributed by atoms with Crippen molar-refractivity contribution in [2.24, 2.45) is 5.41 Å². The fourth-order valence-electron chi connectivity index (χ4n) is 7.80. The molecule has 0 atom stereocenters. The maximum absolute atomic E-state index is 14.2. The van der Waals surface area contributed by atoms with Gasteiger partial charge in [-0.15, -0.1) is 0 Å². The van der Waals surface area contributed by atoms with Crippen LogP contribution in [0.15, 0.2) is 0 Å². The maximum Gasteiger partial charge on any atom is 0.323 e. The summed E-state index contributed by atoms with van der Waals surface area (Å²) in [7, 11) is 3.29. The number of carbonyl (C=O) groups excluding carboxylic acids is 2. The highest BCUT2D eigenvalue weighted by molar-refractivity contribution is 6.00. The molecule has 0 rings (SSSR count). The van der Waals surface area contributed by atoms with Gasteiger partial charge in [0.05, 0.1) is 172 Å². The first-order chi connectivity index (χ1) is 37.1. The quantitative estimate of drug-likeness (QED) is 0.0319. The van der Waals surface area contributed by atoms with Gasteiger partial charge in [-0.3, -0.25) is 9.59 Å². The molecule has 0 aliphatic carbocycles. The summed E-state index contributed by atoms with van der Waals surface area (Å²) >= 11 is 0. The van der Waals surface area contributed by atoms with Gasteiger partial charge in [-0.25, -0.2) is 0 Å². The Bertz CT molecular complexity index is 1040. The van der Waals surface area contributed by atoms with Crippen LogP contribution in [0.1, 0.15) is 155 Å². The van der Waals surface area contributed by atoms with Gasteiger partial charge >= 0.3 is 11.9 Å². The van der Waals surface area contributed by atoms with Crippen LogP contribution in [0.4, 0.5) is 0 Å². The molecule has 0 aromatic rings. The third-order valence-electron chi connectivity index (χ3n) is 12.2. The van der Waals surface area contributed by atoms with Crippen LogP contribution in [-0.2, 0) is 85.4 Å². The monoisotopic (exact) mass is 1080 g/mol. The Morgan fingerprint density at radius 1 is 0.240 bits per heavy atom. The van der Waals surface area contributed by atoms with E-state index in [9.17, 15) is 9.59 Å². The largest absolute Gasteiger partial charge is 0.462 e. The summed E-state index contributed by atoms with van der Waals surface area (Å²) in [4.78, 5) is 28.4. The molecular weight excluding hydrogens is 973 g/mol. The van der Waals surface area contributed by atoms with Crippen molar-refractivity contribution >= 4 is 11.9 Å². The molecule has 0 fully saturated rings. The lowest BCUT2D eigenvalue weighted by atomic mass is 9.77. The zero-order chi connectivity index (χ0) is 54.3. The Morgan fingerprint density at radius 3 is 0.613 bits per heavy atom. The maximum atomic E-state index is 14.2. The summed E-state index contributed by atoms with van der Waals surface area (Å²) in [6.45, 7) is 16.3. The van der Waals surface area contributed by atoms with E-state index in [1.54, 1.807) is 14.2 Å². The van der Waals surface area contributed by atoms with Gasteiger partial charge in [0, 0.05) is 14.2 Å². The van der Waals surface area contributed by atoms with Crippen LogP contribution in [0.25, 0.3) is 0 Å². The second-order valence-electron chi connectivity index (χ2n) is 18.6. The van der Waals surface area contributed by atoms with E-state index in [4.69, 9.17) is 75.8 Å². The Morgan fingerprint density at radius 2 is 0.413 bits per heavy atom. The van der Waals surface area contributed by atoms with Crippen LogP contribution < -0.4 is 0 Å². The van der Waals surface area contributed by atoms with Gasteiger partial charge in [-0.2, -0.15) is 0 Å². The molecule has 0 unspecified atom stereocenters. The summed E-state index contributed by atoms with van der Waals surface area (Å²) in [5.41, 5.74) is -1.39. The normalized spacial score (nSPS) is 11.8. The topological polar surface area (TPSA) is 182 Å². The number of hydrogen-bond donors (Lipinski definition) is 0. The Kier molecular flexibility index (Phi) is 61.8. The summed E-state index contributed by atoms with van der Waals surface area (Å²) in [6, 6.07) is 0. The predicted molar refractivity (Wildman–Crippen MR) is 291 cm³/mol. The van der Waals surface area contributed by atoms with Crippen LogP contribution in [0.3, 0.4) is 0 Å². The van der Waals surface area contributed by atoms with Gasteiger partial charge in [-0.1, -0.05) is 142 Å². The third kappa shape index (κ3) is 52.8. The zero-order valence-corrected chi connectivity index (χ0v) is 48.2. The molecule has 18 heteroatoms. The fourth-order valence-corrected chi connectivity index (χ4v) is 7.80. The van der Waals surface area contributed by atoms with E-state index >= 15 is 0 Å². The summed E-state index contributed by atoms with van der Waals surface area (Å²) in [5.74, 6) is -1.05. The molecule has 448 valence electrons. The average Bonchev–Trinajstić information content (AvgIpc) is 3.42. The molecule has 0 amide bonds. The van der Waals surface area contributed by atoms with Crippen LogP contribution in [0, 0.1) is 5.41 Å². The first-order valence-corrected chi connectivity index (χ1v) is 29.3. The van der Waals surface area contributed by atoms with Crippen molar-refractivity contribution in [3.63, 3.8) is 0 Å². The van der Waals surface area contributed by atoms with E-state index in [1.165, 1.54) is 77.0 Å². The van der Waals surface area contributed by atoms with Crippen LogP contribution in [0.2, 0.25) is 0 Å². The molecule has 0 N–H and O–H groups in total. The zero-order valence-electron chi connectivity index (χ0n) is 48.2. The number of rotatable bonds is 66. The number of unbranched alkanes of at least 4 members (excludes halogenated alkanes) is 18. The third-order valence-corrected chi connectivity index (χ3v) is 12.2. The van der Waals surface area contributed by atoms with E-state index in [-0.39, 0.29) is 26.4 Å². The number of methoxy groups -OCH3 is 2. The van der Waals surface area contributed by atoms with Gasteiger partial charge in [0.25, 0.3) is 0 Å². The molecule has 0 heterocycles.